The highest BCUT2D eigenvalue weighted by Gasteiger charge is 2.37. The van der Waals surface area contributed by atoms with E-state index in [9.17, 15) is 8.42 Å². The molecule has 1 aromatic carbocycles. The van der Waals surface area contributed by atoms with E-state index in [0.717, 1.165) is 11.3 Å². The molecule has 1 fully saturated rings. The van der Waals surface area contributed by atoms with Gasteiger partial charge in [-0.05, 0) is 5.56 Å². The lowest BCUT2D eigenvalue weighted by atomic mass is 10.2. The van der Waals surface area contributed by atoms with Gasteiger partial charge in [0.15, 0.2) is 0 Å². The van der Waals surface area contributed by atoms with Crippen LogP contribution in [0.5, 0.6) is 0 Å². The Labute approximate surface area is 115 Å². The van der Waals surface area contributed by atoms with Crippen molar-refractivity contribution in [2.75, 3.05) is 12.3 Å². The van der Waals surface area contributed by atoms with Gasteiger partial charge in [0.25, 0.3) is 0 Å². The van der Waals surface area contributed by atoms with Crippen LogP contribution in [-0.2, 0) is 10.0 Å². The van der Waals surface area contributed by atoms with Gasteiger partial charge in [-0.2, -0.15) is 4.31 Å². The molecule has 5 nitrogen and oxygen atoms in total. The first-order valence-electron chi connectivity index (χ1n) is 5.77. The molecule has 0 aliphatic carbocycles. The molecule has 7 heteroatoms. The van der Waals surface area contributed by atoms with Crippen LogP contribution in [0.25, 0.3) is 0 Å². The maximum absolute atomic E-state index is 12.5. The average Bonchev–Trinajstić information content (AvgIpc) is 3.11. The van der Waals surface area contributed by atoms with Crippen LogP contribution in [0.4, 0.5) is 0 Å². The molecule has 2 aromatic rings. The van der Waals surface area contributed by atoms with E-state index in [0.29, 0.717) is 6.54 Å². The largest absolute Gasteiger partial charge is 0.363 e. The lowest BCUT2D eigenvalue weighted by Crippen LogP contribution is -2.30. The summed E-state index contributed by atoms with van der Waals surface area (Å²) in [6.45, 7) is 0.498. The van der Waals surface area contributed by atoms with Crippen molar-refractivity contribution >= 4 is 21.8 Å². The normalized spacial score (nSPS) is 20.7. The molecule has 1 aliphatic rings. The quantitative estimate of drug-likeness (QED) is 0.868. The molecule has 0 bridgehead atoms. The number of thioether (sulfide) groups is 1. The Bertz CT molecular complexity index is 641. The molecule has 1 aromatic heterocycles. The monoisotopic (exact) mass is 296 g/mol. The van der Waals surface area contributed by atoms with Gasteiger partial charge < -0.3 is 4.52 Å². The van der Waals surface area contributed by atoms with Crippen LogP contribution in [0.15, 0.2) is 52.2 Å². The van der Waals surface area contributed by atoms with Crippen LogP contribution in [0.3, 0.4) is 0 Å². The third-order valence-corrected chi connectivity index (χ3v) is 6.15. The Hall–Kier alpha value is -1.31. The molecule has 1 unspecified atom stereocenters. The molecule has 0 saturated carbocycles. The maximum Gasteiger partial charge on any atom is 0.249 e. The number of sulfonamides is 1. The average molecular weight is 296 g/mol. The summed E-state index contributed by atoms with van der Waals surface area (Å²) >= 11 is 1.62. The van der Waals surface area contributed by atoms with Gasteiger partial charge in [-0.3, -0.25) is 0 Å². The van der Waals surface area contributed by atoms with E-state index in [1.54, 1.807) is 11.8 Å². The second-order valence-electron chi connectivity index (χ2n) is 4.11. The molecule has 1 saturated heterocycles. The molecule has 3 rings (SSSR count). The minimum Gasteiger partial charge on any atom is -0.363 e. The fourth-order valence-corrected chi connectivity index (χ4v) is 5.14. The summed E-state index contributed by atoms with van der Waals surface area (Å²) < 4.78 is 31.1. The summed E-state index contributed by atoms with van der Waals surface area (Å²) in [5, 5.41) is 3.29. The van der Waals surface area contributed by atoms with Crippen LogP contribution in [0.2, 0.25) is 0 Å². The topological polar surface area (TPSA) is 63.4 Å². The smallest absolute Gasteiger partial charge is 0.249 e. The van der Waals surface area contributed by atoms with Gasteiger partial charge in [0, 0.05) is 12.3 Å². The van der Waals surface area contributed by atoms with Crippen molar-refractivity contribution in [2.45, 2.75) is 10.3 Å². The lowest BCUT2D eigenvalue weighted by Gasteiger charge is -2.22. The molecule has 2 heterocycles. The molecular formula is C12H12N2O3S2. The zero-order chi connectivity index (χ0) is 13.3. The maximum atomic E-state index is 12.5. The van der Waals surface area contributed by atoms with Gasteiger partial charge in [0.1, 0.15) is 11.2 Å². The highest BCUT2D eigenvalue weighted by Crippen LogP contribution is 2.41. The number of aromatic nitrogens is 1. The Morgan fingerprint density at radius 1 is 1.32 bits per heavy atom. The van der Waals surface area contributed by atoms with Crippen molar-refractivity contribution in [3.8, 4) is 0 Å². The molecule has 0 radical (unpaired) electrons. The van der Waals surface area contributed by atoms with Crippen LogP contribution in [0.1, 0.15) is 10.9 Å². The standard InChI is InChI=1S/C12H12N2O3S2/c15-19(16,11-8-13-17-9-11)14-6-7-18-12(14)10-4-2-1-3-5-10/h1-5,8-9,12H,6-7H2. The Morgan fingerprint density at radius 2 is 2.11 bits per heavy atom. The first-order chi connectivity index (χ1) is 9.19. The Morgan fingerprint density at radius 3 is 2.79 bits per heavy atom. The van der Waals surface area contributed by atoms with Crippen LogP contribution < -0.4 is 0 Å². The minimum absolute atomic E-state index is 0.107. The Kier molecular flexibility index (Phi) is 3.34. The molecular weight excluding hydrogens is 284 g/mol. The summed E-state index contributed by atoms with van der Waals surface area (Å²) in [6, 6.07) is 9.64. The van der Waals surface area contributed by atoms with E-state index in [1.807, 2.05) is 30.3 Å². The highest BCUT2D eigenvalue weighted by molar-refractivity contribution is 8.01. The summed E-state index contributed by atoms with van der Waals surface area (Å²) in [5.74, 6) is 0.782. The van der Waals surface area contributed by atoms with Crippen molar-refractivity contribution in [3.05, 3.63) is 48.4 Å². The van der Waals surface area contributed by atoms with Gasteiger partial charge in [-0.15, -0.1) is 11.8 Å². The highest BCUT2D eigenvalue weighted by atomic mass is 32.2. The number of nitrogens with zero attached hydrogens (tertiary/aromatic N) is 2. The minimum atomic E-state index is -3.54. The van der Waals surface area contributed by atoms with Gasteiger partial charge in [0.2, 0.25) is 10.0 Å². The first-order valence-corrected chi connectivity index (χ1v) is 8.26. The van der Waals surface area contributed by atoms with E-state index in [-0.39, 0.29) is 10.3 Å². The van der Waals surface area contributed by atoms with E-state index in [1.165, 1.54) is 16.8 Å². The second kappa shape index (κ2) is 4.99. The third-order valence-electron chi connectivity index (χ3n) is 2.95. The summed E-state index contributed by atoms with van der Waals surface area (Å²) in [4.78, 5) is 0.107. The Balaban J connectivity index is 1.97. The van der Waals surface area contributed by atoms with Crippen molar-refractivity contribution < 1.29 is 12.9 Å². The van der Waals surface area contributed by atoms with Crippen LogP contribution in [0, 0.1) is 0 Å². The van der Waals surface area contributed by atoms with Crippen molar-refractivity contribution in [1.82, 2.24) is 9.46 Å². The predicted molar refractivity (Wildman–Crippen MR) is 72.0 cm³/mol. The van der Waals surface area contributed by atoms with Gasteiger partial charge in [-0.25, -0.2) is 8.42 Å². The molecule has 0 amide bonds. The second-order valence-corrected chi connectivity index (χ2v) is 7.19. The SMILES string of the molecule is O=S(=O)(c1cnoc1)N1CCSC1c1ccccc1. The predicted octanol–water partition coefficient (Wildman–Crippen LogP) is 2.11. The van der Waals surface area contributed by atoms with Gasteiger partial charge in [-0.1, -0.05) is 35.5 Å². The third kappa shape index (κ3) is 2.29. The van der Waals surface area contributed by atoms with Crippen LogP contribution >= 0.6 is 11.8 Å². The van der Waals surface area contributed by atoms with Crippen molar-refractivity contribution in [3.63, 3.8) is 0 Å². The summed E-state index contributed by atoms with van der Waals surface area (Å²) in [6.07, 6.45) is 2.40. The van der Waals surface area contributed by atoms with Gasteiger partial charge >= 0.3 is 0 Å². The molecule has 100 valence electrons. The van der Waals surface area contributed by atoms with E-state index in [4.69, 9.17) is 0 Å². The zero-order valence-corrected chi connectivity index (χ0v) is 11.6. The number of benzene rings is 1. The molecule has 0 spiro atoms. The number of rotatable bonds is 3. The number of hydrogen-bond acceptors (Lipinski definition) is 5. The molecule has 1 atom stereocenters. The molecule has 0 N–H and O–H groups in total. The lowest BCUT2D eigenvalue weighted by molar-refractivity contribution is 0.414. The van der Waals surface area contributed by atoms with Gasteiger partial charge in [0.05, 0.1) is 11.6 Å². The first kappa shape index (κ1) is 12.7. The van der Waals surface area contributed by atoms with Crippen LogP contribution in [-0.4, -0.2) is 30.2 Å². The zero-order valence-electron chi connectivity index (χ0n) is 9.97. The van der Waals surface area contributed by atoms with E-state index in [2.05, 4.69) is 9.68 Å². The van der Waals surface area contributed by atoms with E-state index < -0.39 is 10.0 Å². The molecule has 19 heavy (non-hydrogen) atoms. The molecule has 1 aliphatic heterocycles. The van der Waals surface area contributed by atoms with Crippen molar-refractivity contribution in [2.24, 2.45) is 0 Å². The number of hydrogen-bond donors (Lipinski definition) is 0. The fraction of sp³-hybridized carbons (Fsp3) is 0.250. The summed E-state index contributed by atoms with van der Waals surface area (Å²) in [5.41, 5.74) is 0.991. The van der Waals surface area contributed by atoms with E-state index >= 15 is 0 Å². The van der Waals surface area contributed by atoms with Crippen molar-refractivity contribution in [1.29, 1.82) is 0 Å². The summed E-state index contributed by atoms with van der Waals surface area (Å²) in [7, 11) is -3.54. The fourth-order valence-electron chi connectivity index (χ4n) is 2.04.